The van der Waals surface area contributed by atoms with Gasteiger partial charge >= 0.3 is 0 Å². The summed E-state index contributed by atoms with van der Waals surface area (Å²) in [6.45, 7) is 6.38. The van der Waals surface area contributed by atoms with Gasteiger partial charge in [0.2, 0.25) is 5.95 Å². The molecule has 1 aromatic heterocycles. The average Bonchev–Trinajstić information content (AvgIpc) is 2.37. The maximum Gasteiger partial charge on any atom is 0.222 e. The largest absolute Gasteiger partial charge is 0.494 e. The monoisotopic (exact) mass is 283 g/mol. The first-order chi connectivity index (χ1) is 9.97. The fourth-order valence-corrected chi connectivity index (χ4v) is 2.33. The first-order valence-electron chi connectivity index (χ1n) is 6.55. The Balaban J connectivity index is 2.71. The molecule has 2 aromatic rings. The molecule has 1 aromatic carbocycles. The summed E-state index contributed by atoms with van der Waals surface area (Å²) in [5.41, 5.74) is 14.8. The van der Waals surface area contributed by atoms with Crippen molar-refractivity contribution in [3.8, 4) is 23.1 Å². The Labute approximate surface area is 123 Å². The average molecular weight is 283 g/mol. The van der Waals surface area contributed by atoms with Crippen molar-refractivity contribution in [2.24, 2.45) is 0 Å². The number of anilines is 2. The number of hydrogen-bond acceptors (Lipinski definition) is 6. The van der Waals surface area contributed by atoms with Crippen LogP contribution in [0.25, 0.3) is 11.3 Å². The molecule has 0 unspecified atom stereocenters. The molecular weight excluding hydrogens is 266 g/mol. The Bertz CT molecular complexity index is 711. The van der Waals surface area contributed by atoms with Crippen LogP contribution in [0, 0.1) is 25.2 Å². The zero-order valence-corrected chi connectivity index (χ0v) is 12.3. The van der Waals surface area contributed by atoms with Crippen LogP contribution in [0.5, 0.6) is 5.75 Å². The van der Waals surface area contributed by atoms with Crippen LogP contribution in [0.15, 0.2) is 12.1 Å². The summed E-state index contributed by atoms with van der Waals surface area (Å²) in [6.07, 6.45) is 0. The van der Waals surface area contributed by atoms with E-state index in [9.17, 15) is 5.26 Å². The quantitative estimate of drug-likeness (QED) is 0.893. The molecular formula is C15H17N5O. The lowest BCUT2D eigenvalue weighted by molar-refractivity contribution is 0.340. The van der Waals surface area contributed by atoms with E-state index in [0.717, 1.165) is 22.4 Å². The van der Waals surface area contributed by atoms with E-state index in [1.165, 1.54) is 0 Å². The van der Waals surface area contributed by atoms with Crippen molar-refractivity contribution in [2.45, 2.75) is 20.8 Å². The van der Waals surface area contributed by atoms with E-state index in [-0.39, 0.29) is 17.3 Å². The molecule has 6 heteroatoms. The second-order valence-electron chi connectivity index (χ2n) is 4.67. The highest BCUT2D eigenvalue weighted by Gasteiger charge is 2.17. The Hall–Kier alpha value is -2.81. The maximum atomic E-state index is 9.30. The van der Waals surface area contributed by atoms with E-state index in [1.54, 1.807) is 0 Å². The maximum absolute atomic E-state index is 9.30. The smallest absolute Gasteiger partial charge is 0.222 e. The van der Waals surface area contributed by atoms with Crippen molar-refractivity contribution in [2.75, 3.05) is 18.1 Å². The molecule has 6 nitrogen and oxygen atoms in total. The standard InChI is InChI=1S/C15H17N5O/c1-4-21-10-5-8(2)12(9(3)6-10)13-11(7-16)14(17)20-15(18)19-13/h5-6H,4H2,1-3H3,(H4,17,18,19,20). The highest BCUT2D eigenvalue weighted by Crippen LogP contribution is 2.33. The first-order valence-corrected chi connectivity index (χ1v) is 6.55. The number of ether oxygens (including phenoxy) is 1. The number of hydrogen-bond donors (Lipinski definition) is 2. The number of nitrogens with zero attached hydrogens (tertiary/aromatic N) is 3. The van der Waals surface area contributed by atoms with Crippen molar-refractivity contribution in [3.63, 3.8) is 0 Å². The van der Waals surface area contributed by atoms with Crippen molar-refractivity contribution in [1.82, 2.24) is 9.97 Å². The number of nitrogen functional groups attached to an aromatic ring is 2. The van der Waals surface area contributed by atoms with E-state index in [1.807, 2.05) is 39.0 Å². The number of aromatic nitrogens is 2. The zero-order valence-electron chi connectivity index (χ0n) is 12.3. The van der Waals surface area contributed by atoms with Gasteiger partial charge in [-0.2, -0.15) is 10.2 Å². The lowest BCUT2D eigenvalue weighted by Gasteiger charge is -2.14. The molecule has 0 saturated heterocycles. The van der Waals surface area contributed by atoms with Crippen LogP contribution < -0.4 is 16.2 Å². The number of benzene rings is 1. The summed E-state index contributed by atoms with van der Waals surface area (Å²) < 4.78 is 5.52. The molecule has 0 saturated carbocycles. The Morgan fingerprint density at radius 3 is 2.33 bits per heavy atom. The van der Waals surface area contributed by atoms with Gasteiger partial charge in [0.1, 0.15) is 23.2 Å². The van der Waals surface area contributed by atoms with Gasteiger partial charge in [0.25, 0.3) is 0 Å². The van der Waals surface area contributed by atoms with Gasteiger partial charge in [-0.15, -0.1) is 0 Å². The van der Waals surface area contributed by atoms with E-state index >= 15 is 0 Å². The molecule has 0 fully saturated rings. The third kappa shape index (κ3) is 2.72. The molecule has 2 rings (SSSR count). The molecule has 0 spiro atoms. The fraction of sp³-hybridized carbons (Fsp3) is 0.267. The SMILES string of the molecule is CCOc1cc(C)c(-c2nc(N)nc(N)c2C#N)c(C)c1. The highest BCUT2D eigenvalue weighted by molar-refractivity contribution is 5.78. The third-order valence-electron chi connectivity index (χ3n) is 3.12. The molecule has 1 heterocycles. The fourth-order valence-electron chi connectivity index (χ4n) is 2.33. The van der Waals surface area contributed by atoms with Crippen LogP contribution in [-0.4, -0.2) is 16.6 Å². The van der Waals surface area contributed by atoms with Gasteiger partial charge in [0.15, 0.2) is 0 Å². The predicted octanol–water partition coefficient (Wildman–Crippen LogP) is 2.20. The molecule has 0 aliphatic rings. The van der Waals surface area contributed by atoms with Crippen molar-refractivity contribution < 1.29 is 4.74 Å². The van der Waals surface area contributed by atoms with Crippen molar-refractivity contribution in [3.05, 3.63) is 28.8 Å². The summed E-state index contributed by atoms with van der Waals surface area (Å²) in [6, 6.07) is 5.86. The number of aryl methyl sites for hydroxylation is 2. The van der Waals surface area contributed by atoms with Crippen LogP contribution in [-0.2, 0) is 0 Å². The summed E-state index contributed by atoms with van der Waals surface area (Å²) in [5.74, 6) is 0.923. The van der Waals surface area contributed by atoms with Gasteiger partial charge in [-0.3, -0.25) is 0 Å². The Kier molecular flexibility index (Phi) is 3.94. The van der Waals surface area contributed by atoms with Gasteiger partial charge in [-0.1, -0.05) is 0 Å². The summed E-state index contributed by atoms with van der Waals surface area (Å²) >= 11 is 0. The van der Waals surface area contributed by atoms with E-state index < -0.39 is 0 Å². The molecule has 0 aliphatic carbocycles. The predicted molar refractivity (Wildman–Crippen MR) is 81.7 cm³/mol. The van der Waals surface area contributed by atoms with Gasteiger partial charge < -0.3 is 16.2 Å². The van der Waals surface area contributed by atoms with Gasteiger partial charge in [0.05, 0.1) is 12.3 Å². The number of nitrogens with two attached hydrogens (primary N) is 2. The van der Waals surface area contributed by atoms with E-state index in [4.69, 9.17) is 16.2 Å². The first kappa shape index (κ1) is 14.6. The van der Waals surface area contributed by atoms with Gasteiger partial charge in [-0.05, 0) is 44.0 Å². The summed E-state index contributed by atoms with van der Waals surface area (Å²) in [7, 11) is 0. The minimum Gasteiger partial charge on any atom is -0.494 e. The van der Waals surface area contributed by atoms with E-state index in [0.29, 0.717) is 12.3 Å². The molecule has 21 heavy (non-hydrogen) atoms. The normalized spacial score (nSPS) is 10.2. The lowest BCUT2D eigenvalue weighted by Crippen LogP contribution is -2.06. The number of rotatable bonds is 3. The molecule has 0 atom stereocenters. The second kappa shape index (κ2) is 5.67. The van der Waals surface area contributed by atoms with Crippen LogP contribution in [0.3, 0.4) is 0 Å². The molecule has 0 amide bonds. The van der Waals surface area contributed by atoms with Gasteiger partial charge in [-0.25, -0.2) is 4.98 Å². The summed E-state index contributed by atoms with van der Waals surface area (Å²) in [5, 5.41) is 9.30. The Morgan fingerprint density at radius 2 is 1.81 bits per heavy atom. The van der Waals surface area contributed by atoms with Crippen LogP contribution in [0.4, 0.5) is 11.8 Å². The van der Waals surface area contributed by atoms with Crippen LogP contribution >= 0.6 is 0 Å². The molecule has 0 bridgehead atoms. The zero-order chi connectivity index (χ0) is 15.6. The molecule has 108 valence electrons. The van der Waals surface area contributed by atoms with Crippen molar-refractivity contribution in [1.29, 1.82) is 5.26 Å². The lowest BCUT2D eigenvalue weighted by atomic mass is 9.96. The minimum absolute atomic E-state index is 0.0502. The van der Waals surface area contributed by atoms with E-state index in [2.05, 4.69) is 9.97 Å². The molecule has 0 radical (unpaired) electrons. The number of nitriles is 1. The minimum atomic E-state index is 0.0502. The summed E-state index contributed by atoms with van der Waals surface area (Å²) in [4.78, 5) is 8.03. The highest BCUT2D eigenvalue weighted by atomic mass is 16.5. The Morgan fingerprint density at radius 1 is 1.19 bits per heavy atom. The van der Waals surface area contributed by atoms with Crippen LogP contribution in [0.1, 0.15) is 23.6 Å². The van der Waals surface area contributed by atoms with Crippen LogP contribution in [0.2, 0.25) is 0 Å². The van der Waals surface area contributed by atoms with Gasteiger partial charge in [0, 0.05) is 5.56 Å². The third-order valence-corrected chi connectivity index (χ3v) is 3.12. The second-order valence-corrected chi connectivity index (χ2v) is 4.67. The topological polar surface area (TPSA) is 111 Å². The molecule has 4 N–H and O–H groups in total. The molecule has 0 aliphatic heterocycles. The van der Waals surface area contributed by atoms with Crippen molar-refractivity contribution >= 4 is 11.8 Å².